The van der Waals surface area contributed by atoms with Crippen LogP contribution in [0.2, 0.25) is 0 Å². The summed E-state index contributed by atoms with van der Waals surface area (Å²) in [6, 6.07) is 0. The number of hydrogen-bond donors (Lipinski definition) is 1. The Morgan fingerprint density at radius 1 is 1.45 bits per heavy atom. The lowest BCUT2D eigenvalue weighted by molar-refractivity contribution is 0.290. The molecule has 1 nitrogen and oxygen atoms in total. The molecule has 0 aliphatic rings. The van der Waals surface area contributed by atoms with E-state index in [1.807, 2.05) is 0 Å². The molecule has 0 rings (SSSR count). The summed E-state index contributed by atoms with van der Waals surface area (Å²) in [6.45, 7) is 16.0. The van der Waals surface area contributed by atoms with Crippen molar-refractivity contribution in [1.29, 1.82) is 0 Å². The van der Waals surface area contributed by atoms with Gasteiger partial charge in [-0.2, -0.15) is 0 Å². The fourth-order valence-electron chi connectivity index (χ4n) is 0.903. The lowest BCUT2D eigenvalue weighted by Gasteiger charge is -2.29. The topological polar surface area (TPSA) is 12.0 Å². The van der Waals surface area contributed by atoms with Gasteiger partial charge in [0.25, 0.3) is 0 Å². The molecule has 0 aromatic heterocycles. The molecule has 0 spiro atoms. The Kier molecular flexibility index (Phi) is 3.64. The summed E-state index contributed by atoms with van der Waals surface area (Å²) in [5.74, 6) is 0.530. The molecule has 0 aromatic rings. The van der Waals surface area contributed by atoms with Crippen LogP contribution in [0.5, 0.6) is 0 Å². The molecule has 0 amide bonds. The first kappa shape index (κ1) is 10.5. The molecular formula is C10H21N. The van der Waals surface area contributed by atoms with Crippen molar-refractivity contribution in [3.05, 3.63) is 12.3 Å². The van der Waals surface area contributed by atoms with Crippen LogP contribution < -0.4 is 5.32 Å². The van der Waals surface area contributed by atoms with Gasteiger partial charge >= 0.3 is 0 Å². The zero-order valence-electron chi connectivity index (χ0n) is 8.49. The van der Waals surface area contributed by atoms with E-state index in [4.69, 9.17) is 0 Å². The molecule has 0 bridgehead atoms. The van der Waals surface area contributed by atoms with E-state index in [2.05, 4.69) is 46.5 Å². The van der Waals surface area contributed by atoms with Crippen molar-refractivity contribution in [2.45, 2.75) is 34.6 Å². The summed E-state index contributed by atoms with van der Waals surface area (Å²) in [7, 11) is 0. The minimum Gasteiger partial charge on any atom is -0.389 e. The highest BCUT2D eigenvalue weighted by molar-refractivity contribution is 5.00. The summed E-state index contributed by atoms with van der Waals surface area (Å²) >= 11 is 0. The van der Waals surface area contributed by atoms with Crippen molar-refractivity contribution in [2.24, 2.45) is 11.3 Å². The van der Waals surface area contributed by atoms with Gasteiger partial charge in [-0.05, 0) is 12.3 Å². The second-order valence-electron chi connectivity index (χ2n) is 4.14. The van der Waals surface area contributed by atoms with Gasteiger partial charge in [0.15, 0.2) is 0 Å². The van der Waals surface area contributed by atoms with E-state index < -0.39 is 0 Å². The van der Waals surface area contributed by atoms with Crippen molar-refractivity contribution >= 4 is 0 Å². The summed E-state index contributed by atoms with van der Waals surface area (Å²) in [4.78, 5) is 0. The third kappa shape index (κ3) is 3.45. The van der Waals surface area contributed by atoms with E-state index in [1.165, 1.54) is 0 Å². The molecule has 0 aliphatic heterocycles. The van der Waals surface area contributed by atoms with Crippen molar-refractivity contribution in [3.8, 4) is 0 Å². The highest BCUT2D eigenvalue weighted by atomic mass is 14.9. The molecule has 0 fully saturated rings. The summed E-state index contributed by atoms with van der Waals surface area (Å²) < 4.78 is 0. The van der Waals surface area contributed by atoms with Gasteiger partial charge in [0.1, 0.15) is 0 Å². The maximum atomic E-state index is 4.00. The molecule has 1 N–H and O–H groups in total. The van der Waals surface area contributed by atoms with Crippen LogP contribution in [0.25, 0.3) is 0 Å². The molecule has 0 saturated carbocycles. The van der Waals surface area contributed by atoms with Crippen LogP contribution in [-0.4, -0.2) is 6.54 Å². The molecule has 1 atom stereocenters. The van der Waals surface area contributed by atoms with E-state index in [0.29, 0.717) is 11.3 Å². The van der Waals surface area contributed by atoms with Crippen LogP contribution in [0, 0.1) is 11.3 Å². The van der Waals surface area contributed by atoms with Gasteiger partial charge < -0.3 is 5.32 Å². The zero-order valence-corrected chi connectivity index (χ0v) is 8.49. The van der Waals surface area contributed by atoms with Gasteiger partial charge in [-0.25, -0.2) is 0 Å². The SMILES string of the molecule is C=C(NCC)C(C)C(C)(C)C. The van der Waals surface area contributed by atoms with Crippen LogP contribution in [0.3, 0.4) is 0 Å². The van der Waals surface area contributed by atoms with Gasteiger partial charge in [0.05, 0.1) is 0 Å². The molecule has 0 aromatic carbocycles. The fourth-order valence-corrected chi connectivity index (χ4v) is 0.903. The predicted molar refractivity (Wildman–Crippen MR) is 51.4 cm³/mol. The van der Waals surface area contributed by atoms with E-state index in [9.17, 15) is 0 Å². The van der Waals surface area contributed by atoms with Gasteiger partial charge in [-0.1, -0.05) is 34.3 Å². The molecule has 0 aliphatic carbocycles. The summed E-state index contributed by atoms with van der Waals surface area (Å²) in [5.41, 5.74) is 1.47. The Bertz CT molecular complexity index is 130. The number of hydrogen-bond acceptors (Lipinski definition) is 1. The Hall–Kier alpha value is -0.460. The number of nitrogens with one attached hydrogen (secondary N) is 1. The van der Waals surface area contributed by atoms with Crippen LogP contribution in [0.4, 0.5) is 0 Å². The molecule has 11 heavy (non-hydrogen) atoms. The van der Waals surface area contributed by atoms with Gasteiger partial charge in [0, 0.05) is 18.2 Å². The smallest absolute Gasteiger partial charge is 0.0115 e. The Balaban J connectivity index is 4.03. The molecule has 1 unspecified atom stereocenters. The van der Waals surface area contributed by atoms with Gasteiger partial charge in [0.2, 0.25) is 0 Å². The summed E-state index contributed by atoms with van der Waals surface area (Å²) in [5, 5.41) is 3.26. The first-order valence-electron chi connectivity index (χ1n) is 4.32. The number of allylic oxidation sites excluding steroid dienone is 1. The largest absolute Gasteiger partial charge is 0.389 e. The normalized spacial score (nSPS) is 14.3. The number of rotatable bonds is 3. The third-order valence-electron chi connectivity index (χ3n) is 2.23. The van der Waals surface area contributed by atoms with Crippen molar-refractivity contribution in [3.63, 3.8) is 0 Å². The molecule has 0 saturated heterocycles. The van der Waals surface area contributed by atoms with E-state index in [1.54, 1.807) is 0 Å². The first-order valence-corrected chi connectivity index (χ1v) is 4.32. The monoisotopic (exact) mass is 155 g/mol. The van der Waals surface area contributed by atoms with Crippen LogP contribution >= 0.6 is 0 Å². The zero-order chi connectivity index (χ0) is 9.07. The predicted octanol–water partition coefficient (Wildman–Crippen LogP) is 2.79. The van der Waals surface area contributed by atoms with Crippen LogP contribution in [0.15, 0.2) is 12.3 Å². The van der Waals surface area contributed by atoms with Crippen molar-refractivity contribution in [1.82, 2.24) is 5.32 Å². The average Bonchev–Trinajstić information content (AvgIpc) is 1.85. The second-order valence-corrected chi connectivity index (χ2v) is 4.14. The highest BCUT2D eigenvalue weighted by Gasteiger charge is 2.21. The Morgan fingerprint density at radius 3 is 2.18 bits per heavy atom. The quantitative estimate of drug-likeness (QED) is 0.661. The minimum atomic E-state index is 0.319. The Labute approximate surface area is 70.9 Å². The Morgan fingerprint density at radius 2 is 1.91 bits per heavy atom. The van der Waals surface area contributed by atoms with Crippen LogP contribution in [0.1, 0.15) is 34.6 Å². The van der Waals surface area contributed by atoms with Crippen molar-refractivity contribution in [2.75, 3.05) is 6.54 Å². The molecule has 0 radical (unpaired) electrons. The summed E-state index contributed by atoms with van der Waals surface area (Å²) in [6.07, 6.45) is 0. The van der Waals surface area contributed by atoms with E-state index >= 15 is 0 Å². The highest BCUT2D eigenvalue weighted by Crippen LogP contribution is 2.29. The molecular weight excluding hydrogens is 134 g/mol. The van der Waals surface area contributed by atoms with Crippen LogP contribution in [-0.2, 0) is 0 Å². The maximum absolute atomic E-state index is 4.00. The second kappa shape index (κ2) is 3.80. The maximum Gasteiger partial charge on any atom is 0.0115 e. The lowest BCUT2D eigenvalue weighted by atomic mass is 9.80. The minimum absolute atomic E-state index is 0.319. The standard InChI is InChI=1S/C10H21N/c1-7-11-9(3)8(2)10(4,5)6/h8,11H,3,7H2,1-2,4-6H3. The van der Waals surface area contributed by atoms with E-state index in [0.717, 1.165) is 12.2 Å². The van der Waals surface area contributed by atoms with E-state index in [-0.39, 0.29) is 0 Å². The first-order chi connectivity index (χ1) is 4.89. The average molecular weight is 155 g/mol. The molecule has 66 valence electrons. The third-order valence-corrected chi connectivity index (χ3v) is 2.23. The molecule has 0 heterocycles. The van der Waals surface area contributed by atoms with Crippen molar-refractivity contribution < 1.29 is 0 Å². The lowest BCUT2D eigenvalue weighted by Crippen LogP contribution is -2.26. The molecule has 1 heteroatoms. The fraction of sp³-hybridized carbons (Fsp3) is 0.800. The van der Waals surface area contributed by atoms with Gasteiger partial charge in [-0.15, -0.1) is 0 Å². The van der Waals surface area contributed by atoms with Gasteiger partial charge in [-0.3, -0.25) is 0 Å².